The number of benzene rings is 1. The normalized spacial score (nSPS) is 24.2. The molecule has 1 aromatic carbocycles. The van der Waals surface area contributed by atoms with E-state index in [2.05, 4.69) is 14.8 Å². The van der Waals surface area contributed by atoms with E-state index >= 15 is 0 Å². The van der Waals surface area contributed by atoms with Crippen molar-refractivity contribution in [2.75, 3.05) is 13.2 Å². The Kier molecular flexibility index (Phi) is 4.68. The van der Waals surface area contributed by atoms with Gasteiger partial charge in [-0.2, -0.15) is 13.2 Å². The number of rotatable bonds is 4. The van der Waals surface area contributed by atoms with Crippen LogP contribution < -0.4 is 0 Å². The van der Waals surface area contributed by atoms with Gasteiger partial charge in [-0.05, 0) is 60.7 Å². The number of fused-ring (bicyclic) bond motifs is 2. The van der Waals surface area contributed by atoms with Gasteiger partial charge in [0.2, 0.25) is 0 Å². The first-order chi connectivity index (χ1) is 15.5. The second-order valence-corrected chi connectivity index (χ2v) is 9.26. The Bertz CT molecular complexity index is 1170. The van der Waals surface area contributed by atoms with E-state index in [0.29, 0.717) is 29.8 Å². The van der Waals surface area contributed by atoms with Crippen molar-refractivity contribution in [3.05, 3.63) is 53.8 Å². The Morgan fingerprint density at radius 1 is 1.03 bits per heavy atom. The fourth-order valence-corrected chi connectivity index (χ4v) is 5.21. The second kappa shape index (κ2) is 7.47. The van der Waals surface area contributed by atoms with Gasteiger partial charge < -0.3 is 9.30 Å². The van der Waals surface area contributed by atoms with Gasteiger partial charge in [0.05, 0.1) is 0 Å². The van der Waals surface area contributed by atoms with Gasteiger partial charge in [-0.25, -0.2) is 0 Å². The smallest absolute Gasteiger partial charge is 0.381 e. The van der Waals surface area contributed by atoms with Crippen molar-refractivity contribution in [1.82, 2.24) is 19.3 Å². The molecule has 2 unspecified atom stereocenters. The van der Waals surface area contributed by atoms with Gasteiger partial charge in [0.15, 0.2) is 0 Å². The van der Waals surface area contributed by atoms with Crippen molar-refractivity contribution in [1.29, 1.82) is 0 Å². The fraction of sp³-hybridized carbons (Fsp3) is 0.500. The van der Waals surface area contributed by atoms with E-state index in [-0.39, 0.29) is 5.82 Å². The minimum absolute atomic E-state index is 0.000484. The van der Waals surface area contributed by atoms with Crippen molar-refractivity contribution in [2.45, 2.75) is 56.2 Å². The van der Waals surface area contributed by atoms with Gasteiger partial charge in [0, 0.05) is 49.5 Å². The zero-order valence-corrected chi connectivity index (χ0v) is 17.6. The Balaban J connectivity index is 1.36. The molecule has 1 aliphatic carbocycles. The largest absolute Gasteiger partial charge is 0.399 e. The molecule has 2 fully saturated rings. The quantitative estimate of drug-likeness (QED) is 0.540. The first-order valence-electron chi connectivity index (χ1n) is 11.4. The van der Waals surface area contributed by atoms with Crippen LogP contribution in [0.2, 0.25) is 0 Å². The average Bonchev–Trinajstić information content (AvgIpc) is 3.36. The van der Waals surface area contributed by atoms with Crippen LogP contribution in [0.15, 0.2) is 36.5 Å². The molecule has 2 aliphatic heterocycles. The highest BCUT2D eigenvalue weighted by Gasteiger charge is 2.50. The van der Waals surface area contributed by atoms with Crippen LogP contribution in [0.3, 0.4) is 0 Å². The molecule has 6 rings (SSSR count). The van der Waals surface area contributed by atoms with Crippen LogP contribution in [0.5, 0.6) is 0 Å². The molecule has 32 heavy (non-hydrogen) atoms. The number of allylic oxidation sites excluding steroid dienone is 1. The van der Waals surface area contributed by atoms with Crippen molar-refractivity contribution >= 4 is 17.1 Å². The highest BCUT2D eigenvalue weighted by molar-refractivity contribution is 5.81. The number of aromatic nitrogens is 4. The maximum absolute atomic E-state index is 14.3. The van der Waals surface area contributed by atoms with E-state index in [0.717, 1.165) is 49.8 Å². The predicted molar refractivity (Wildman–Crippen MR) is 114 cm³/mol. The van der Waals surface area contributed by atoms with Crippen LogP contribution in [0.1, 0.15) is 60.8 Å². The predicted octanol–water partition coefficient (Wildman–Crippen LogP) is 5.45. The third-order valence-corrected chi connectivity index (χ3v) is 7.11. The van der Waals surface area contributed by atoms with E-state index < -0.39 is 18.0 Å². The zero-order chi connectivity index (χ0) is 21.9. The van der Waals surface area contributed by atoms with Crippen molar-refractivity contribution in [2.24, 2.45) is 5.92 Å². The molecular formula is C24H25F3N4O. The number of ether oxygens (including phenoxy) is 1. The number of nitrogens with zero attached hydrogens (tertiary/aromatic N) is 4. The van der Waals surface area contributed by atoms with Gasteiger partial charge in [-0.3, -0.25) is 4.57 Å². The Labute approximate surface area is 183 Å². The fourth-order valence-electron chi connectivity index (χ4n) is 5.21. The molecule has 8 heteroatoms. The summed E-state index contributed by atoms with van der Waals surface area (Å²) in [4.78, 5) is 0. The molecule has 5 nitrogen and oxygen atoms in total. The zero-order valence-electron chi connectivity index (χ0n) is 17.6. The molecule has 168 valence electrons. The summed E-state index contributed by atoms with van der Waals surface area (Å²) in [6.07, 6.45) is 5.85. The summed E-state index contributed by atoms with van der Waals surface area (Å²) in [7, 11) is 0. The third kappa shape index (κ3) is 3.45. The summed E-state index contributed by atoms with van der Waals surface area (Å²) in [6, 6.07) is 8.06. The van der Waals surface area contributed by atoms with Gasteiger partial charge in [0.25, 0.3) is 0 Å². The summed E-state index contributed by atoms with van der Waals surface area (Å²) < 4.78 is 52.1. The van der Waals surface area contributed by atoms with Crippen molar-refractivity contribution in [3.8, 4) is 0 Å². The maximum atomic E-state index is 14.3. The Morgan fingerprint density at radius 3 is 2.59 bits per heavy atom. The number of halogens is 3. The maximum Gasteiger partial charge on any atom is 0.399 e. The van der Waals surface area contributed by atoms with Crippen LogP contribution >= 0.6 is 0 Å². The molecule has 4 heterocycles. The van der Waals surface area contributed by atoms with E-state index in [9.17, 15) is 13.2 Å². The molecule has 1 saturated carbocycles. The lowest BCUT2D eigenvalue weighted by molar-refractivity contribution is -0.155. The lowest BCUT2D eigenvalue weighted by Gasteiger charge is -2.30. The van der Waals surface area contributed by atoms with Crippen LogP contribution in [-0.2, 0) is 11.2 Å². The topological polar surface area (TPSA) is 44.9 Å². The molecule has 0 spiro atoms. The molecule has 0 bridgehead atoms. The third-order valence-electron chi connectivity index (χ3n) is 7.11. The number of hydrogen-bond acceptors (Lipinski definition) is 3. The molecular weight excluding hydrogens is 417 g/mol. The van der Waals surface area contributed by atoms with Crippen LogP contribution in [0, 0.1) is 5.92 Å². The minimum Gasteiger partial charge on any atom is -0.381 e. The summed E-state index contributed by atoms with van der Waals surface area (Å²) in [5.74, 6) is -1.36. The van der Waals surface area contributed by atoms with E-state index in [1.165, 1.54) is 0 Å². The van der Waals surface area contributed by atoms with Gasteiger partial charge in [0.1, 0.15) is 17.6 Å². The second-order valence-electron chi connectivity index (χ2n) is 9.26. The summed E-state index contributed by atoms with van der Waals surface area (Å²) in [5.41, 5.74) is 1.71. The molecule has 1 saturated heterocycles. The number of hydrogen-bond donors (Lipinski definition) is 0. The standard InChI is InChI=1S/C24H25F3N4O/c25-24(26,27)22-19(6-10-31-21(13-15-1-2-15)28-29-23(22)31)16-3-4-20-17(14-16)5-9-30(20)18-7-11-32-12-8-18/h3-6,9-10,14-15,18-19,22H,1-2,7-8,11-13H2. The summed E-state index contributed by atoms with van der Waals surface area (Å²) >= 11 is 0. The molecule has 0 radical (unpaired) electrons. The SMILES string of the molecule is FC(F)(F)C1c2nnc(CC3CC3)n2C=CC1c1ccc2c(ccn2C2CCOCC2)c1. The highest BCUT2D eigenvalue weighted by atomic mass is 19.4. The molecule has 2 aromatic heterocycles. The van der Waals surface area contributed by atoms with Gasteiger partial charge in [-0.1, -0.05) is 12.1 Å². The van der Waals surface area contributed by atoms with Gasteiger partial charge in [-0.15, -0.1) is 10.2 Å². The molecule has 0 N–H and O–H groups in total. The minimum atomic E-state index is -4.42. The van der Waals surface area contributed by atoms with E-state index in [4.69, 9.17) is 4.74 Å². The Morgan fingerprint density at radius 2 is 1.84 bits per heavy atom. The van der Waals surface area contributed by atoms with Crippen molar-refractivity contribution in [3.63, 3.8) is 0 Å². The average molecular weight is 442 g/mol. The lowest BCUT2D eigenvalue weighted by atomic mass is 9.83. The monoisotopic (exact) mass is 442 g/mol. The van der Waals surface area contributed by atoms with Gasteiger partial charge >= 0.3 is 6.18 Å². The summed E-state index contributed by atoms with van der Waals surface area (Å²) in [5, 5.41) is 9.10. The molecule has 0 amide bonds. The first-order valence-corrected chi connectivity index (χ1v) is 11.4. The van der Waals surface area contributed by atoms with E-state index in [1.54, 1.807) is 16.8 Å². The molecule has 2 atom stereocenters. The number of alkyl halides is 3. The molecule has 3 aromatic rings. The summed E-state index contributed by atoms with van der Waals surface area (Å²) in [6.45, 7) is 1.48. The van der Waals surface area contributed by atoms with E-state index in [1.807, 2.05) is 30.5 Å². The molecule has 3 aliphatic rings. The lowest BCUT2D eigenvalue weighted by Crippen LogP contribution is -2.31. The van der Waals surface area contributed by atoms with Crippen molar-refractivity contribution < 1.29 is 17.9 Å². The Hall–Kier alpha value is -2.61. The van der Waals surface area contributed by atoms with Crippen LogP contribution in [0.25, 0.3) is 17.1 Å². The first kappa shape index (κ1) is 20.0. The van der Waals surface area contributed by atoms with Crippen LogP contribution in [-0.4, -0.2) is 38.7 Å². The van der Waals surface area contributed by atoms with Crippen LogP contribution in [0.4, 0.5) is 13.2 Å². The highest BCUT2D eigenvalue weighted by Crippen LogP contribution is 2.48.